The summed E-state index contributed by atoms with van der Waals surface area (Å²) in [6, 6.07) is 0. The van der Waals surface area contributed by atoms with E-state index in [1.807, 2.05) is 0 Å². The molecule has 2 heterocycles. The summed E-state index contributed by atoms with van der Waals surface area (Å²) in [5, 5.41) is 0. The van der Waals surface area contributed by atoms with E-state index in [2.05, 4.69) is 12.2 Å². The van der Waals surface area contributed by atoms with Crippen LogP contribution in [0.2, 0.25) is 0 Å². The molecular weight excluding hydrogens is 152 g/mol. The predicted molar refractivity (Wildman–Crippen MR) is 43.7 cm³/mol. The molecule has 2 nitrogen and oxygen atoms in total. The topological polar surface area (TPSA) is 26.3 Å². The van der Waals surface area contributed by atoms with Crippen molar-refractivity contribution in [3.8, 4) is 0 Å². The summed E-state index contributed by atoms with van der Waals surface area (Å²) in [5.74, 6) is 0.620. The second-order valence-electron chi connectivity index (χ2n) is 4.08. The van der Waals surface area contributed by atoms with Gasteiger partial charge in [-0.15, -0.1) is 0 Å². The summed E-state index contributed by atoms with van der Waals surface area (Å²) in [6.45, 7) is 0. The zero-order valence-electron chi connectivity index (χ0n) is 6.95. The Bertz CT molecular complexity index is 269. The number of ether oxygens (including phenoxy) is 1. The average Bonchev–Trinajstić information content (AvgIpc) is 2.60. The van der Waals surface area contributed by atoms with Crippen LogP contribution in [0.1, 0.15) is 25.7 Å². The Hall–Kier alpha value is -0.630. The fourth-order valence-corrected chi connectivity index (χ4v) is 2.82. The summed E-state index contributed by atoms with van der Waals surface area (Å²) in [6.07, 6.45) is 8.27. The lowest BCUT2D eigenvalue weighted by Gasteiger charge is -2.33. The monoisotopic (exact) mass is 164 g/mol. The Labute approximate surface area is 71.6 Å². The first kappa shape index (κ1) is 6.84. The molecule has 0 N–H and O–H groups in total. The van der Waals surface area contributed by atoms with Crippen molar-refractivity contribution in [3.63, 3.8) is 0 Å². The molecule has 0 aromatic carbocycles. The number of fused-ring (bicyclic) bond motifs is 1. The number of hydrogen-bond donors (Lipinski definition) is 0. The summed E-state index contributed by atoms with van der Waals surface area (Å²) in [5.41, 5.74) is -0.153. The molecule has 1 aliphatic carbocycles. The van der Waals surface area contributed by atoms with Gasteiger partial charge >= 0.3 is 0 Å². The maximum absolute atomic E-state index is 11.5. The number of rotatable bonds is 0. The van der Waals surface area contributed by atoms with Gasteiger partial charge in [-0.05, 0) is 19.3 Å². The van der Waals surface area contributed by atoms with Gasteiger partial charge < -0.3 is 4.74 Å². The summed E-state index contributed by atoms with van der Waals surface area (Å²) in [4.78, 5) is 11.5. The van der Waals surface area contributed by atoms with Crippen molar-refractivity contribution in [3.05, 3.63) is 12.2 Å². The van der Waals surface area contributed by atoms with Gasteiger partial charge in [0.25, 0.3) is 0 Å². The summed E-state index contributed by atoms with van der Waals surface area (Å²) < 4.78 is 5.80. The first-order valence-corrected chi connectivity index (χ1v) is 4.70. The second-order valence-corrected chi connectivity index (χ2v) is 4.08. The van der Waals surface area contributed by atoms with Crippen LogP contribution in [0, 0.1) is 5.92 Å². The minimum absolute atomic E-state index is 0.153. The molecule has 2 aliphatic heterocycles. The average molecular weight is 164 g/mol. The van der Waals surface area contributed by atoms with Crippen LogP contribution in [0.4, 0.5) is 0 Å². The molecule has 3 aliphatic rings. The number of ketones is 1. The van der Waals surface area contributed by atoms with Crippen LogP contribution in [0.5, 0.6) is 0 Å². The maximum Gasteiger partial charge on any atom is 0.139 e. The van der Waals surface area contributed by atoms with Gasteiger partial charge in [0.2, 0.25) is 0 Å². The Kier molecular flexibility index (Phi) is 1.14. The number of carbonyl (C=O) groups is 1. The normalized spacial score (nSPS) is 49.8. The molecule has 1 spiro atoms. The van der Waals surface area contributed by atoms with Crippen LogP contribution in [-0.2, 0) is 9.53 Å². The van der Waals surface area contributed by atoms with E-state index in [4.69, 9.17) is 4.74 Å². The number of Topliss-reactive ketones (excluding diaryl/α,β-unsaturated/α-hetero) is 1. The van der Waals surface area contributed by atoms with Crippen molar-refractivity contribution >= 4 is 5.78 Å². The highest BCUT2D eigenvalue weighted by Gasteiger charge is 2.54. The van der Waals surface area contributed by atoms with Gasteiger partial charge in [0.05, 0.1) is 17.6 Å². The van der Waals surface area contributed by atoms with Crippen LogP contribution in [0.25, 0.3) is 0 Å². The summed E-state index contributed by atoms with van der Waals surface area (Å²) >= 11 is 0. The molecule has 2 heteroatoms. The fourth-order valence-electron chi connectivity index (χ4n) is 2.82. The lowest BCUT2D eigenvalue weighted by Crippen LogP contribution is -2.40. The molecule has 0 amide bonds. The van der Waals surface area contributed by atoms with Crippen LogP contribution in [0.15, 0.2) is 12.2 Å². The molecule has 3 atom stereocenters. The van der Waals surface area contributed by atoms with E-state index in [-0.39, 0.29) is 17.6 Å². The number of carbonyl (C=O) groups excluding carboxylic acids is 1. The van der Waals surface area contributed by atoms with Gasteiger partial charge in [0.15, 0.2) is 0 Å². The Morgan fingerprint density at radius 1 is 1.58 bits per heavy atom. The van der Waals surface area contributed by atoms with Gasteiger partial charge in [0.1, 0.15) is 5.78 Å². The molecule has 3 rings (SSSR count). The zero-order valence-corrected chi connectivity index (χ0v) is 6.95. The standard InChI is InChI=1S/C10H12O2/c11-9-2-1-4-10-5-3-7(12-10)6-8(9)10/h3,5,7-8H,1-2,4,6H2/t7-,8-,10+/m1/s1. The minimum Gasteiger partial charge on any atom is -0.363 e. The van der Waals surface area contributed by atoms with Gasteiger partial charge in [-0.3, -0.25) is 4.79 Å². The van der Waals surface area contributed by atoms with E-state index in [0.717, 1.165) is 25.7 Å². The predicted octanol–water partition coefficient (Wildman–Crippen LogP) is 1.45. The van der Waals surface area contributed by atoms with Crippen molar-refractivity contribution in [2.45, 2.75) is 37.4 Å². The molecule has 64 valence electrons. The van der Waals surface area contributed by atoms with Crippen LogP contribution >= 0.6 is 0 Å². The Balaban J connectivity index is 2.03. The first-order chi connectivity index (χ1) is 5.80. The van der Waals surface area contributed by atoms with E-state index >= 15 is 0 Å². The smallest absolute Gasteiger partial charge is 0.139 e. The highest BCUT2D eigenvalue weighted by Crippen LogP contribution is 2.49. The number of hydrogen-bond acceptors (Lipinski definition) is 2. The van der Waals surface area contributed by atoms with Crippen molar-refractivity contribution in [1.82, 2.24) is 0 Å². The first-order valence-electron chi connectivity index (χ1n) is 4.70. The Morgan fingerprint density at radius 2 is 2.50 bits per heavy atom. The molecule has 0 radical (unpaired) electrons. The van der Waals surface area contributed by atoms with Gasteiger partial charge in [0, 0.05) is 6.42 Å². The third kappa shape index (κ3) is 0.667. The molecule has 0 aromatic heterocycles. The van der Waals surface area contributed by atoms with Crippen LogP contribution in [-0.4, -0.2) is 17.5 Å². The van der Waals surface area contributed by atoms with Crippen molar-refractivity contribution < 1.29 is 9.53 Å². The SMILES string of the molecule is O=C1CCC[C@]23C=C[C@H](C[C@H]12)O3. The zero-order chi connectivity index (χ0) is 8.18. The van der Waals surface area contributed by atoms with E-state index < -0.39 is 0 Å². The van der Waals surface area contributed by atoms with Crippen LogP contribution in [0.3, 0.4) is 0 Å². The molecule has 0 unspecified atom stereocenters. The van der Waals surface area contributed by atoms with Gasteiger partial charge in [-0.2, -0.15) is 0 Å². The third-order valence-electron chi connectivity index (χ3n) is 3.40. The maximum atomic E-state index is 11.5. The highest BCUT2D eigenvalue weighted by atomic mass is 16.5. The van der Waals surface area contributed by atoms with Gasteiger partial charge in [-0.25, -0.2) is 0 Å². The Morgan fingerprint density at radius 3 is 3.25 bits per heavy atom. The van der Waals surface area contributed by atoms with Crippen LogP contribution < -0.4 is 0 Å². The molecule has 1 saturated carbocycles. The van der Waals surface area contributed by atoms with E-state index in [1.165, 1.54) is 0 Å². The van der Waals surface area contributed by atoms with E-state index in [0.29, 0.717) is 5.78 Å². The molecule has 2 bridgehead atoms. The lowest BCUT2D eigenvalue weighted by atomic mass is 9.72. The fraction of sp³-hybridized carbons (Fsp3) is 0.700. The van der Waals surface area contributed by atoms with Crippen molar-refractivity contribution in [2.24, 2.45) is 5.92 Å². The molecule has 1 saturated heterocycles. The van der Waals surface area contributed by atoms with Crippen molar-refractivity contribution in [1.29, 1.82) is 0 Å². The van der Waals surface area contributed by atoms with Crippen molar-refractivity contribution in [2.75, 3.05) is 0 Å². The van der Waals surface area contributed by atoms with E-state index in [1.54, 1.807) is 0 Å². The lowest BCUT2D eigenvalue weighted by molar-refractivity contribution is -0.130. The largest absolute Gasteiger partial charge is 0.363 e. The van der Waals surface area contributed by atoms with Gasteiger partial charge in [-0.1, -0.05) is 12.2 Å². The highest BCUT2D eigenvalue weighted by molar-refractivity contribution is 5.84. The molecular formula is C10H12O2. The quantitative estimate of drug-likeness (QED) is 0.506. The molecule has 2 fully saturated rings. The summed E-state index contributed by atoms with van der Waals surface area (Å²) in [7, 11) is 0. The molecule has 12 heavy (non-hydrogen) atoms. The second kappa shape index (κ2) is 1.99. The third-order valence-corrected chi connectivity index (χ3v) is 3.40. The minimum atomic E-state index is -0.153. The molecule has 0 aromatic rings. The van der Waals surface area contributed by atoms with E-state index in [9.17, 15) is 4.79 Å².